The maximum atomic E-state index is 11.2. The van der Waals surface area contributed by atoms with Gasteiger partial charge in [0, 0.05) is 0 Å². The van der Waals surface area contributed by atoms with Crippen LogP contribution >= 0.6 is 0 Å². The van der Waals surface area contributed by atoms with Crippen molar-refractivity contribution in [2.45, 2.75) is 32.2 Å². The zero-order valence-corrected chi connectivity index (χ0v) is 10.3. The molecule has 0 aliphatic carbocycles. The van der Waals surface area contributed by atoms with E-state index in [1.807, 2.05) is 6.07 Å². The van der Waals surface area contributed by atoms with E-state index < -0.39 is 5.97 Å². The van der Waals surface area contributed by atoms with Gasteiger partial charge in [-0.25, -0.2) is 4.79 Å². The van der Waals surface area contributed by atoms with Crippen molar-refractivity contribution in [3.63, 3.8) is 0 Å². The molecule has 2 rings (SSSR count). The maximum absolute atomic E-state index is 11.2. The highest BCUT2D eigenvalue weighted by molar-refractivity contribution is 5.86. The number of nitrogens with zero attached hydrogens (tertiary/aromatic N) is 1. The fourth-order valence-corrected chi connectivity index (χ4v) is 2.19. The summed E-state index contributed by atoms with van der Waals surface area (Å²) in [5.74, 6) is 0.719. The molecule has 0 aromatic carbocycles. The molecule has 0 atom stereocenters. The van der Waals surface area contributed by atoms with Crippen LogP contribution in [0.1, 0.15) is 42.0 Å². The number of ether oxygens (including phenoxy) is 1. The molecule has 1 aliphatic heterocycles. The molecule has 0 radical (unpaired) electrons. The van der Waals surface area contributed by atoms with Crippen molar-refractivity contribution in [2.75, 3.05) is 20.2 Å². The fourth-order valence-electron chi connectivity index (χ4n) is 2.19. The normalized spacial score (nSPS) is 17.7. The smallest absolute Gasteiger partial charge is 0.373 e. The number of rotatable bonds is 3. The van der Waals surface area contributed by atoms with E-state index in [2.05, 4.69) is 9.64 Å². The molecule has 4 nitrogen and oxygen atoms in total. The third kappa shape index (κ3) is 3.33. The van der Waals surface area contributed by atoms with Gasteiger partial charge in [-0.3, -0.25) is 4.90 Å². The minimum atomic E-state index is -0.410. The SMILES string of the molecule is COC(=O)c1ccc(CN2CCCCCC2)o1. The molecule has 0 unspecified atom stereocenters. The van der Waals surface area contributed by atoms with Crippen LogP contribution in [0, 0.1) is 0 Å². The highest BCUT2D eigenvalue weighted by atomic mass is 16.5. The Balaban J connectivity index is 1.93. The Labute approximate surface area is 102 Å². The van der Waals surface area contributed by atoms with Crippen molar-refractivity contribution in [1.82, 2.24) is 4.90 Å². The summed E-state index contributed by atoms with van der Waals surface area (Å²) in [7, 11) is 1.36. The minimum absolute atomic E-state index is 0.289. The Morgan fingerprint density at radius 3 is 2.65 bits per heavy atom. The molecule has 1 aromatic rings. The van der Waals surface area contributed by atoms with Crippen LogP contribution in [0.3, 0.4) is 0 Å². The molecule has 0 bridgehead atoms. The first-order valence-electron chi connectivity index (χ1n) is 6.19. The van der Waals surface area contributed by atoms with Crippen LogP contribution in [0.25, 0.3) is 0 Å². The van der Waals surface area contributed by atoms with Crippen LogP contribution in [0.15, 0.2) is 16.5 Å². The van der Waals surface area contributed by atoms with Crippen molar-refractivity contribution >= 4 is 5.97 Å². The zero-order chi connectivity index (χ0) is 12.1. The predicted octanol–water partition coefficient (Wildman–Crippen LogP) is 2.44. The second-order valence-electron chi connectivity index (χ2n) is 4.45. The molecule has 2 heterocycles. The van der Waals surface area contributed by atoms with Gasteiger partial charge in [0.1, 0.15) is 5.76 Å². The molecule has 0 saturated carbocycles. The largest absolute Gasteiger partial charge is 0.463 e. The highest BCUT2D eigenvalue weighted by Crippen LogP contribution is 2.15. The minimum Gasteiger partial charge on any atom is -0.463 e. The van der Waals surface area contributed by atoms with Crippen molar-refractivity contribution in [2.24, 2.45) is 0 Å². The lowest BCUT2D eigenvalue weighted by Gasteiger charge is -2.17. The fraction of sp³-hybridized carbons (Fsp3) is 0.615. The van der Waals surface area contributed by atoms with Crippen molar-refractivity contribution in [1.29, 1.82) is 0 Å². The summed E-state index contributed by atoms with van der Waals surface area (Å²) in [6.45, 7) is 3.03. The third-order valence-electron chi connectivity index (χ3n) is 3.13. The van der Waals surface area contributed by atoms with Crippen LogP contribution < -0.4 is 0 Å². The number of furan rings is 1. The molecule has 0 spiro atoms. The molecule has 1 saturated heterocycles. The van der Waals surface area contributed by atoms with Gasteiger partial charge in [-0.2, -0.15) is 0 Å². The number of hydrogen-bond acceptors (Lipinski definition) is 4. The van der Waals surface area contributed by atoms with E-state index in [1.54, 1.807) is 6.07 Å². The summed E-state index contributed by atoms with van der Waals surface area (Å²) in [4.78, 5) is 13.6. The van der Waals surface area contributed by atoms with Gasteiger partial charge in [-0.15, -0.1) is 0 Å². The average molecular weight is 237 g/mol. The van der Waals surface area contributed by atoms with Crippen LogP contribution in [-0.4, -0.2) is 31.1 Å². The molecule has 1 aliphatic rings. The lowest BCUT2D eigenvalue weighted by molar-refractivity contribution is 0.0561. The van der Waals surface area contributed by atoms with Gasteiger partial charge in [-0.05, 0) is 38.1 Å². The van der Waals surface area contributed by atoms with Gasteiger partial charge < -0.3 is 9.15 Å². The number of carbonyl (C=O) groups excluding carboxylic acids is 1. The second kappa shape index (κ2) is 5.87. The summed E-state index contributed by atoms with van der Waals surface area (Å²) < 4.78 is 10.1. The monoisotopic (exact) mass is 237 g/mol. The molecular weight excluding hydrogens is 218 g/mol. The second-order valence-corrected chi connectivity index (χ2v) is 4.45. The Kier molecular flexibility index (Phi) is 4.20. The first kappa shape index (κ1) is 12.2. The Morgan fingerprint density at radius 2 is 2.00 bits per heavy atom. The summed E-state index contributed by atoms with van der Waals surface area (Å²) in [5.41, 5.74) is 0. The Hall–Kier alpha value is -1.29. The third-order valence-corrected chi connectivity index (χ3v) is 3.13. The summed E-state index contributed by atoms with van der Waals surface area (Å²) >= 11 is 0. The molecule has 0 amide bonds. The Morgan fingerprint density at radius 1 is 1.29 bits per heavy atom. The van der Waals surface area contributed by atoms with Gasteiger partial charge >= 0.3 is 5.97 Å². The molecule has 94 valence electrons. The standard InChI is InChI=1S/C13H19NO3/c1-16-13(15)12-7-6-11(17-12)10-14-8-4-2-3-5-9-14/h6-7H,2-5,8-10H2,1H3. The summed E-state index contributed by atoms with van der Waals surface area (Å²) in [5, 5.41) is 0. The van der Waals surface area contributed by atoms with Gasteiger partial charge in [0.25, 0.3) is 0 Å². The number of esters is 1. The first-order chi connectivity index (χ1) is 8.29. The maximum Gasteiger partial charge on any atom is 0.373 e. The van der Waals surface area contributed by atoms with Gasteiger partial charge in [-0.1, -0.05) is 12.8 Å². The van der Waals surface area contributed by atoms with Gasteiger partial charge in [0.05, 0.1) is 13.7 Å². The van der Waals surface area contributed by atoms with Crippen LogP contribution in [0.4, 0.5) is 0 Å². The number of methoxy groups -OCH3 is 1. The van der Waals surface area contributed by atoms with E-state index in [4.69, 9.17) is 4.42 Å². The van der Waals surface area contributed by atoms with Gasteiger partial charge in [0.2, 0.25) is 5.76 Å². The number of likely N-dealkylation sites (tertiary alicyclic amines) is 1. The van der Waals surface area contributed by atoms with Crippen molar-refractivity contribution in [3.05, 3.63) is 23.7 Å². The predicted molar refractivity (Wildman–Crippen MR) is 63.8 cm³/mol. The average Bonchev–Trinajstić information content (AvgIpc) is 2.65. The van der Waals surface area contributed by atoms with Gasteiger partial charge in [0.15, 0.2) is 0 Å². The molecule has 17 heavy (non-hydrogen) atoms. The van der Waals surface area contributed by atoms with E-state index in [0.29, 0.717) is 0 Å². The van der Waals surface area contributed by atoms with Crippen LogP contribution in [0.5, 0.6) is 0 Å². The topological polar surface area (TPSA) is 42.7 Å². The van der Waals surface area contributed by atoms with E-state index in [1.165, 1.54) is 32.8 Å². The summed E-state index contributed by atoms with van der Waals surface area (Å²) in [6, 6.07) is 3.54. The molecule has 0 N–H and O–H groups in total. The number of hydrogen-bond donors (Lipinski definition) is 0. The van der Waals surface area contributed by atoms with E-state index in [0.717, 1.165) is 25.4 Å². The lowest BCUT2D eigenvalue weighted by Crippen LogP contribution is -2.23. The lowest BCUT2D eigenvalue weighted by atomic mass is 10.2. The van der Waals surface area contributed by atoms with E-state index in [-0.39, 0.29) is 5.76 Å². The Bertz CT molecular complexity index is 364. The zero-order valence-electron chi connectivity index (χ0n) is 10.3. The molecule has 1 fully saturated rings. The van der Waals surface area contributed by atoms with Crippen molar-refractivity contribution < 1.29 is 13.9 Å². The van der Waals surface area contributed by atoms with Crippen LogP contribution in [-0.2, 0) is 11.3 Å². The summed E-state index contributed by atoms with van der Waals surface area (Å²) in [6.07, 6.45) is 5.15. The molecule has 1 aromatic heterocycles. The van der Waals surface area contributed by atoms with E-state index in [9.17, 15) is 4.79 Å². The number of carbonyl (C=O) groups is 1. The first-order valence-corrected chi connectivity index (χ1v) is 6.19. The quantitative estimate of drug-likeness (QED) is 0.757. The molecule has 4 heteroatoms. The highest BCUT2D eigenvalue weighted by Gasteiger charge is 2.14. The van der Waals surface area contributed by atoms with Crippen LogP contribution in [0.2, 0.25) is 0 Å². The van der Waals surface area contributed by atoms with Crippen molar-refractivity contribution in [3.8, 4) is 0 Å². The van der Waals surface area contributed by atoms with E-state index >= 15 is 0 Å². The molecular formula is C13H19NO3.